The van der Waals surface area contributed by atoms with Crippen LogP contribution in [0.4, 0.5) is 5.82 Å². The number of nitrogens with one attached hydrogen (secondary N) is 1. The number of aromatic nitrogens is 1. The molecule has 15 heavy (non-hydrogen) atoms. The van der Waals surface area contributed by atoms with E-state index in [-0.39, 0.29) is 0 Å². The number of hydrogen-bond acceptors (Lipinski definition) is 5. The molecule has 1 aromatic heterocycles. The van der Waals surface area contributed by atoms with E-state index in [0.717, 1.165) is 37.9 Å². The van der Waals surface area contributed by atoms with E-state index in [1.165, 1.54) is 0 Å². The summed E-state index contributed by atoms with van der Waals surface area (Å²) in [7, 11) is 1.64. The van der Waals surface area contributed by atoms with E-state index in [0.29, 0.717) is 0 Å². The molecule has 0 spiro atoms. The van der Waals surface area contributed by atoms with Crippen molar-refractivity contribution in [3.8, 4) is 5.75 Å². The maximum Gasteiger partial charge on any atom is 0.183 e. The number of methoxy groups -OCH3 is 1. The van der Waals surface area contributed by atoms with Gasteiger partial charge in [0.25, 0.3) is 0 Å². The molecule has 0 saturated carbocycles. The maximum absolute atomic E-state index is 5.26. The average Bonchev–Trinajstić information content (AvgIpc) is 2.31. The number of anilines is 1. The topological polar surface area (TPSA) is 46.6 Å². The molecule has 1 aliphatic heterocycles. The van der Waals surface area contributed by atoms with Crippen LogP contribution >= 0.6 is 0 Å². The monoisotopic (exact) mass is 209 g/mol. The molecule has 82 valence electrons. The van der Waals surface area contributed by atoms with Crippen molar-refractivity contribution in [3.63, 3.8) is 0 Å². The number of hydrogen-bond donors (Lipinski definition) is 1. The summed E-state index contributed by atoms with van der Waals surface area (Å²) in [5.41, 5.74) is 3.22. The highest BCUT2D eigenvalue weighted by Gasteiger charge is 2.12. The van der Waals surface area contributed by atoms with Gasteiger partial charge in [-0.15, -0.1) is 0 Å². The number of ether oxygens (including phenoxy) is 2. The van der Waals surface area contributed by atoms with Gasteiger partial charge in [0.2, 0.25) is 0 Å². The van der Waals surface area contributed by atoms with Crippen molar-refractivity contribution in [3.05, 3.63) is 18.3 Å². The van der Waals surface area contributed by atoms with Crippen molar-refractivity contribution in [1.82, 2.24) is 9.99 Å². The van der Waals surface area contributed by atoms with Crippen LogP contribution in [0.3, 0.4) is 0 Å². The van der Waals surface area contributed by atoms with E-state index in [1.54, 1.807) is 13.3 Å². The van der Waals surface area contributed by atoms with Crippen molar-refractivity contribution >= 4 is 5.82 Å². The van der Waals surface area contributed by atoms with Gasteiger partial charge in [0.15, 0.2) is 11.6 Å². The summed E-state index contributed by atoms with van der Waals surface area (Å²) in [6.45, 7) is 3.23. The molecule has 1 fully saturated rings. The van der Waals surface area contributed by atoms with Gasteiger partial charge in [0, 0.05) is 19.3 Å². The molecule has 5 nitrogen and oxygen atoms in total. The number of pyridine rings is 1. The third-order valence-corrected chi connectivity index (χ3v) is 2.27. The Hall–Kier alpha value is -1.33. The summed E-state index contributed by atoms with van der Waals surface area (Å²) in [5, 5.41) is 2.08. The van der Waals surface area contributed by atoms with Crippen LogP contribution in [0.2, 0.25) is 0 Å². The van der Waals surface area contributed by atoms with Gasteiger partial charge in [-0.2, -0.15) is 0 Å². The number of morpholine rings is 1. The first-order valence-electron chi connectivity index (χ1n) is 4.98. The predicted molar refractivity (Wildman–Crippen MR) is 56.8 cm³/mol. The second-order valence-electron chi connectivity index (χ2n) is 3.27. The molecule has 0 aliphatic carbocycles. The Morgan fingerprint density at radius 1 is 1.47 bits per heavy atom. The van der Waals surface area contributed by atoms with Crippen LogP contribution in [0.15, 0.2) is 18.3 Å². The fourth-order valence-electron chi connectivity index (χ4n) is 1.46. The standard InChI is InChI=1S/C10H15N3O2/c1-14-9-3-2-4-11-10(9)12-13-5-7-15-8-6-13/h2-4H,5-8H2,1H3,(H,11,12). The Labute approximate surface area is 89.0 Å². The summed E-state index contributed by atoms with van der Waals surface area (Å²) < 4.78 is 10.5. The molecule has 0 unspecified atom stereocenters. The van der Waals surface area contributed by atoms with E-state index < -0.39 is 0 Å². The minimum absolute atomic E-state index is 0.752. The minimum Gasteiger partial charge on any atom is -0.493 e. The lowest BCUT2D eigenvalue weighted by atomic mass is 10.4. The third kappa shape index (κ3) is 2.57. The summed E-state index contributed by atoms with van der Waals surface area (Å²) in [6, 6.07) is 3.74. The first-order chi connectivity index (χ1) is 7.40. The molecule has 1 saturated heterocycles. The third-order valence-electron chi connectivity index (χ3n) is 2.27. The second kappa shape index (κ2) is 4.95. The van der Waals surface area contributed by atoms with Gasteiger partial charge in [-0.1, -0.05) is 0 Å². The van der Waals surface area contributed by atoms with Crippen molar-refractivity contribution < 1.29 is 9.47 Å². The molecular weight excluding hydrogens is 194 g/mol. The van der Waals surface area contributed by atoms with Crippen LogP contribution in [-0.2, 0) is 4.74 Å². The number of nitrogens with zero attached hydrogens (tertiary/aromatic N) is 2. The molecule has 2 rings (SSSR count). The summed E-state index contributed by atoms with van der Waals surface area (Å²) in [6.07, 6.45) is 1.74. The molecule has 0 aromatic carbocycles. The van der Waals surface area contributed by atoms with Gasteiger partial charge in [-0.3, -0.25) is 5.43 Å². The normalized spacial score (nSPS) is 17.4. The highest BCUT2D eigenvalue weighted by Crippen LogP contribution is 2.20. The summed E-state index contributed by atoms with van der Waals surface area (Å²) in [5.74, 6) is 1.51. The van der Waals surface area contributed by atoms with Crippen molar-refractivity contribution in [2.75, 3.05) is 38.8 Å². The van der Waals surface area contributed by atoms with Gasteiger partial charge < -0.3 is 9.47 Å². The SMILES string of the molecule is COc1cccnc1NN1CCOCC1. The lowest BCUT2D eigenvalue weighted by molar-refractivity contribution is 0.0493. The van der Waals surface area contributed by atoms with Crippen LogP contribution in [0, 0.1) is 0 Å². The zero-order valence-electron chi connectivity index (χ0n) is 8.77. The number of rotatable bonds is 3. The summed E-state index contributed by atoms with van der Waals surface area (Å²) >= 11 is 0. The maximum atomic E-state index is 5.26. The van der Waals surface area contributed by atoms with Crippen molar-refractivity contribution in [2.24, 2.45) is 0 Å². The lowest BCUT2D eigenvalue weighted by Crippen LogP contribution is -2.40. The minimum atomic E-state index is 0.752. The molecule has 0 amide bonds. The first kappa shape index (κ1) is 10.2. The van der Waals surface area contributed by atoms with Crippen LogP contribution < -0.4 is 10.2 Å². The Morgan fingerprint density at radius 2 is 2.27 bits per heavy atom. The van der Waals surface area contributed by atoms with Gasteiger partial charge in [-0.25, -0.2) is 9.99 Å². The fraction of sp³-hybridized carbons (Fsp3) is 0.500. The van der Waals surface area contributed by atoms with E-state index in [2.05, 4.69) is 15.4 Å². The van der Waals surface area contributed by atoms with Crippen LogP contribution in [0.25, 0.3) is 0 Å². The molecule has 0 radical (unpaired) electrons. The Bertz CT molecular complexity index is 313. The molecule has 1 aliphatic rings. The second-order valence-corrected chi connectivity index (χ2v) is 3.27. The smallest absolute Gasteiger partial charge is 0.183 e. The van der Waals surface area contributed by atoms with Crippen molar-refractivity contribution in [1.29, 1.82) is 0 Å². The number of hydrazine groups is 1. The zero-order valence-corrected chi connectivity index (χ0v) is 8.77. The van der Waals surface area contributed by atoms with E-state index >= 15 is 0 Å². The molecule has 0 atom stereocenters. The molecule has 1 N–H and O–H groups in total. The largest absolute Gasteiger partial charge is 0.493 e. The van der Waals surface area contributed by atoms with Crippen molar-refractivity contribution in [2.45, 2.75) is 0 Å². The molecule has 1 aromatic rings. The molecule has 5 heteroatoms. The zero-order chi connectivity index (χ0) is 10.5. The van der Waals surface area contributed by atoms with Crippen LogP contribution in [0.1, 0.15) is 0 Å². The summed E-state index contributed by atoms with van der Waals surface area (Å²) in [4.78, 5) is 4.23. The Morgan fingerprint density at radius 3 is 3.00 bits per heavy atom. The first-order valence-corrected chi connectivity index (χ1v) is 4.98. The van der Waals surface area contributed by atoms with Gasteiger partial charge in [0.05, 0.1) is 20.3 Å². The van der Waals surface area contributed by atoms with Gasteiger partial charge in [0.1, 0.15) is 0 Å². The van der Waals surface area contributed by atoms with Gasteiger partial charge >= 0.3 is 0 Å². The molecule has 0 bridgehead atoms. The highest BCUT2D eigenvalue weighted by molar-refractivity contribution is 5.48. The van der Waals surface area contributed by atoms with E-state index in [4.69, 9.17) is 9.47 Å². The Kier molecular flexibility index (Phi) is 3.37. The highest BCUT2D eigenvalue weighted by atomic mass is 16.5. The predicted octanol–water partition coefficient (Wildman–Crippen LogP) is 0.749. The quantitative estimate of drug-likeness (QED) is 0.796. The Balaban J connectivity index is 2.02. The lowest BCUT2D eigenvalue weighted by Gasteiger charge is -2.27. The average molecular weight is 209 g/mol. The van der Waals surface area contributed by atoms with E-state index in [9.17, 15) is 0 Å². The molecular formula is C10H15N3O2. The van der Waals surface area contributed by atoms with Gasteiger partial charge in [-0.05, 0) is 12.1 Å². The van der Waals surface area contributed by atoms with Crippen LogP contribution in [0.5, 0.6) is 5.75 Å². The fourth-order valence-corrected chi connectivity index (χ4v) is 1.46. The van der Waals surface area contributed by atoms with Crippen LogP contribution in [-0.4, -0.2) is 43.4 Å². The van der Waals surface area contributed by atoms with E-state index in [1.807, 2.05) is 12.1 Å². The molecule has 2 heterocycles.